The first kappa shape index (κ1) is 38.3. The number of piperazine rings is 2. The van der Waals surface area contributed by atoms with Crippen molar-refractivity contribution in [2.75, 3.05) is 59.4 Å². The number of carbonyl (C=O) groups is 4. The Labute approximate surface area is 325 Å². The first-order valence-corrected chi connectivity index (χ1v) is 19.7. The molecular formula is C40H48Cl2N6O6. The molecule has 2 aromatic rings. The number of piperidine rings is 1. The van der Waals surface area contributed by atoms with Gasteiger partial charge in [-0.25, -0.2) is 9.59 Å². The Morgan fingerprint density at radius 2 is 1.35 bits per heavy atom. The van der Waals surface area contributed by atoms with Crippen molar-refractivity contribution in [3.05, 3.63) is 91.7 Å². The van der Waals surface area contributed by atoms with E-state index in [-0.39, 0.29) is 69.2 Å². The molecule has 0 saturated carbocycles. The second-order valence-corrected chi connectivity index (χ2v) is 15.9. The van der Waals surface area contributed by atoms with E-state index in [1.165, 1.54) is 12.8 Å². The van der Waals surface area contributed by atoms with Crippen molar-refractivity contribution in [2.24, 2.45) is 0 Å². The Morgan fingerprint density at radius 3 is 1.98 bits per heavy atom. The Morgan fingerprint density at radius 1 is 0.741 bits per heavy atom. The number of aliphatic carboxylic acids is 2. The molecule has 0 spiro atoms. The molecule has 7 rings (SSSR count). The lowest BCUT2D eigenvalue weighted by Crippen LogP contribution is -2.56. The summed E-state index contributed by atoms with van der Waals surface area (Å²) in [5.41, 5.74) is 1.25. The molecular weight excluding hydrogens is 731 g/mol. The van der Waals surface area contributed by atoms with Crippen molar-refractivity contribution >= 4 is 47.0 Å². The lowest BCUT2D eigenvalue weighted by atomic mass is 9.78. The molecule has 0 aromatic heterocycles. The fourth-order valence-electron chi connectivity index (χ4n) is 9.25. The summed E-state index contributed by atoms with van der Waals surface area (Å²) in [6, 6.07) is 13.7. The van der Waals surface area contributed by atoms with Crippen molar-refractivity contribution < 1.29 is 29.4 Å². The molecule has 2 aromatic carbocycles. The van der Waals surface area contributed by atoms with Crippen molar-refractivity contribution in [3.8, 4) is 0 Å². The van der Waals surface area contributed by atoms with Crippen LogP contribution in [-0.4, -0.2) is 131 Å². The molecule has 12 nitrogen and oxygen atoms in total. The van der Waals surface area contributed by atoms with Crippen molar-refractivity contribution in [2.45, 2.75) is 69.0 Å². The third-order valence-corrected chi connectivity index (χ3v) is 12.8. The number of nitrogens with one attached hydrogen (secondary N) is 2. The average molecular weight is 780 g/mol. The molecule has 0 aliphatic carbocycles. The number of aryl methyl sites for hydroxylation is 1. The van der Waals surface area contributed by atoms with E-state index in [0.717, 1.165) is 31.5 Å². The first-order valence-electron chi connectivity index (χ1n) is 19.0. The average Bonchev–Trinajstić information content (AvgIpc) is 3.35. The lowest BCUT2D eigenvalue weighted by Gasteiger charge is -2.45. The fourth-order valence-corrected chi connectivity index (χ4v) is 9.87. The molecule has 288 valence electrons. The second kappa shape index (κ2) is 16.4. The predicted octanol–water partition coefficient (Wildman–Crippen LogP) is 4.20. The third-order valence-electron chi connectivity index (χ3n) is 12.2. The van der Waals surface area contributed by atoms with Gasteiger partial charge in [0, 0.05) is 103 Å². The highest BCUT2D eigenvalue weighted by Gasteiger charge is 2.43. The Hall–Kier alpha value is -3.94. The van der Waals surface area contributed by atoms with E-state index in [2.05, 4.69) is 27.5 Å². The Balaban J connectivity index is 1.16. The van der Waals surface area contributed by atoms with Gasteiger partial charge in [-0.2, -0.15) is 0 Å². The molecule has 5 aliphatic heterocycles. The zero-order chi connectivity index (χ0) is 38.1. The highest BCUT2D eigenvalue weighted by Crippen LogP contribution is 2.45. The van der Waals surface area contributed by atoms with Gasteiger partial charge in [0.1, 0.15) is 0 Å². The van der Waals surface area contributed by atoms with Crippen LogP contribution in [0, 0.1) is 0 Å². The fraction of sp³-hybridized carbons (Fsp3) is 0.500. The lowest BCUT2D eigenvalue weighted by molar-refractivity contribution is -0.133. The van der Waals surface area contributed by atoms with Crippen LogP contribution in [0.3, 0.4) is 0 Å². The second-order valence-electron chi connectivity index (χ2n) is 15.1. The zero-order valence-corrected chi connectivity index (χ0v) is 32.0. The van der Waals surface area contributed by atoms with Gasteiger partial charge >= 0.3 is 11.9 Å². The largest absolute Gasteiger partial charge is 0.478 e. The molecule has 5 aliphatic rings. The summed E-state index contributed by atoms with van der Waals surface area (Å²) >= 11 is 13.3. The number of fused-ring (bicyclic) bond motifs is 2. The van der Waals surface area contributed by atoms with Gasteiger partial charge in [-0.1, -0.05) is 47.5 Å². The topological polar surface area (TPSA) is 146 Å². The van der Waals surface area contributed by atoms with Gasteiger partial charge in [0.25, 0.3) is 5.91 Å². The van der Waals surface area contributed by atoms with E-state index in [4.69, 9.17) is 23.2 Å². The Bertz CT molecular complexity index is 1840. The number of carbonyl (C=O) groups excluding carboxylic acids is 2. The van der Waals surface area contributed by atoms with Gasteiger partial charge in [0.2, 0.25) is 5.91 Å². The highest BCUT2D eigenvalue weighted by atomic mass is 35.5. The molecule has 3 atom stereocenters. The summed E-state index contributed by atoms with van der Waals surface area (Å²) in [4.78, 5) is 62.6. The van der Waals surface area contributed by atoms with Crippen LogP contribution in [0.5, 0.6) is 0 Å². The normalized spacial score (nSPS) is 25.2. The Kier molecular flexibility index (Phi) is 11.7. The van der Waals surface area contributed by atoms with Gasteiger partial charge < -0.3 is 35.5 Å². The quantitative estimate of drug-likeness (QED) is 0.277. The standard InChI is InChI=1S/C40H48Cl2N6O6/c1-45-25-10-11-26(45)22-27(21-25)46-17-19-47(20-18-46)33(49)23-32-36(40(53)54)37(34-29(41)7-4-8-30(34)42)35(39(51)52)31(44-32)12-9-24-5-2-3-6-28(24)38(50)48-15-13-43-14-16-48/h2-8,25-27,37,43-44H,9-23H2,1H3,(H,51,52)(H,53,54). The number of hydrogen-bond acceptors (Lipinski definition) is 8. The van der Waals surface area contributed by atoms with Crippen molar-refractivity contribution in [1.82, 2.24) is 30.2 Å². The van der Waals surface area contributed by atoms with E-state index >= 15 is 0 Å². The van der Waals surface area contributed by atoms with Crippen LogP contribution in [0.1, 0.15) is 65.9 Å². The molecule has 4 saturated heterocycles. The molecule has 4 fully saturated rings. The minimum atomic E-state index is -1.38. The number of hydrogen-bond donors (Lipinski definition) is 4. The third kappa shape index (κ3) is 7.77. The molecule has 3 unspecified atom stereocenters. The number of benzene rings is 2. The van der Waals surface area contributed by atoms with Gasteiger partial charge in [0.05, 0.1) is 23.5 Å². The highest BCUT2D eigenvalue weighted by molar-refractivity contribution is 6.36. The number of allylic oxidation sites excluding steroid dienone is 1. The minimum Gasteiger partial charge on any atom is -0.478 e. The first-order chi connectivity index (χ1) is 26.0. The van der Waals surface area contributed by atoms with E-state index in [1.807, 2.05) is 12.1 Å². The van der Waals surface area contributed by atoms with Gasteiger partial charge in [-0.05, 0) is 69.3 Å². The summed E-state index contributed by atoms with van der Waals surface area (Å²) in [6.45, 7) is 5.11. The number of rotatable bonds is 10. The van der Waals surface area contributed by atoms with Crippen molar-refractivity contribution in [1.29, 1.82) is 0 Å². The summed E-state index contributed by atoms with van der Waals surface area (Å²) in [6.07, 6.45) is 4.89. The van der Waals surface area contributed by atoms with Crippen LogP contribution >= 0.6 is 23.2 Å². The molecule has 14 heteroatoms. The summed E-state index contributed by atoms with van der Waals surface area (Å²) in [7, 11) is 2.23. The molecule has 2 bridgehead atoms. The maximum Gasteiger partial charge on any atom is 0.334 e. The van der Waals surface area contributed by atoms with Crippen LogP contribution in [-0.2, 0) is 20.8 Å². The minimum absolute atomic E-state index is 0.0977. The number of carboxylic acid groups (broad SMARTS) is 2. The van der Waals surface area contributed by atoms with Gasteiger partial charge in [-0.3, -0.25) is 14.5 Å². The van der Waals surface area contributed by atoms with Gasteiger partial charge in [0.15, 0.2) is 0 Å². The number of carboxylic acids is 2. The summed E-state index contributed by atoms with van der Waals surface area (Å²) in [5.74, 6) is -4.42. The van der Waals surface area contributed by atoms with E-state index in [0.29, 0.717) is 63.0 Å². The smallest absolute Gasteiger partial charge is 0.334 e. The van der Waals surface area contributed by atoms with Gasteiger partial charge in [-0.15, -0.1) is 0 Å². The van der Waals surface area contributed by atoms with Crippen LogP contribution in [0.4, 0.5) is 0 Å². The molecule has 4 N–H and O–H groups in total. The molecule has 2 amide bonds. The van der Waals surface area contributed by atoms with Crippen molar-refractivity contribution in [3.63, 3.8) is 0 Å². The molecule has 54 heavy (non-hydrogen) atoms. The predicted molar refractivity (Wildman–Crippen MR) is 206 cm³/mol. The van der Waals surface area contributed by atoms with Crippen LogP contribution in [0.25, 0.3) is 0 Å². The van der Waals surface area contributed by atoms with Crippen LogP contribution in [0.2, 0.25) is 10.0 Å². The number of halogens is 2. The van der Waals surface area contributed by atoms with E-state index < -0.39 is 17.9 Å². The zero-order valence-electron chi connectivity index (χ0n) is 30.5. The summed E-state index contributed by atoms with van der Waals surface area (Å²) in [5, 5.41) is 28.1. The monoisotopic (exact) mass is 778 g/mol. The summed E-state index contributed by atoms with van der Waals surface area (Å²) < 4.78 is 0. The SMILES string of the molecule is CN1C2CCC1CC(N1CCN(C(=O)CC3=C(C(=O)O)C(c4c(Cl)cccc4Cl)C(C(=O)O)=C(CCc4ccccc4C(=O)N4CCNCC4)N3)CC1)C2. The molecule has 0 radical (unpaired) electrons. The molecule has 5 heterocycles. The number of nitrogens with zero attached hydrogens (tertiary/aromatic N) is 4. The number of dihydropyridines is 1. The van der Waals surface area contributed by atoms with E-state index in [9.17, 15) is 29.4 Å². The van der Waals surface area contributed by atoms with E-state index in [1.54, 1.807) is 40.1 Å². The maximum atomic E-state index is 14.0. The maximum absolute atomic E-state index is 14.0. The number of amides is 2. The van der Waals surface area contributed by atoms with Crippen LogP contribution in [0.15, 0.2) is 65.0 Å². The van der Waals surface area contributed by atoms with Crippen LogP contribution < -0.4 is 10.6 Å².